The zero-order chi connectivity index (χ0) is 41.1. The molecule has 4 heteroatoms. The predicted molar refractivity (Wildman–Crippen MR) is 233 cm³/mol. The first-order chi connectivity index (χ1) is 25.9. The molecule has 1 aliphatic carbocycles. The standard InChI is InChI=1S/C52H62O4/c1-49(2,3)39-23-32-18-19-43(31-16-14-13-15-17-31)44-30-42(52(10,11)12)29-38(48(44)56)22-37-28-41(51(7,8)9)27-36(47(37)55)21-35-26-40(50(4,5)6)25-34(46(35)54)20-33(24-39)45(32)53/h13-17,19,23-30,53-56H,18,20-22H2,1-12H3/b43-19-. The lowest BCUT2D eigenvalue weighted by Crippen LogP contribution is -2.15. The molecule has 0 unspecified atom stereocenters. The molecule has 0 aliphatic heterocycles. The third-order valence-electron chi connectivity index (χ3n) is 11.5. The maximum absolute atomic E-state index is 12.4. The SMILES string of the molecule is CC(C)(C)c1cc2c(O)c(c1)Cc1cc(C(C)(C)C)cc(c1O)Cc1cc(C(C)(C)C)cc(c1O)Cc1cc(C(C)(C)C)cc(c1O)/C(c1ccccc1)=C\C2. The highest BCUT2D eigenvalue weighted by Crippen LogP contribution is 2.43. The maximum atomic E-state index is 12.4. The van der Waals surface area contributed by atoms with Crippen molar-refractivity contribution in [1.82, 2.24) is 0 Å². The lowest BCUT2D eigenvalue weighted by Gasteiger charge is -2.26. The minimum absolute atomic E-state index is 0.169. The van der Waals surface area contributed by atoms with Crippen LogP contribution < -0.4 is 0 Å². The van der Waals surface area contributed by atoms with Gasteiger partial charge in [-0.2, -0.15) is 0 Å². The second-order valence-corrected chi connectivity index (χ2v) is 20.2. The highest BCUT2D eigenvalue weighted by molar-refractivity contribution is 5.84. The normalized spacial score (nSPS) is 15.1. The van der Waals surface area contributed by atoms with Crippen LogP contribution in [0.1, 0.15) is 155 Å². The molecule has 4 N–H and O–H groups in total. The highest BCUT2D eigenvalue weighted by Gasteiger charge is 2.27. The Morgan fingerprint density at radius 3 is 1.04 bits per heavy atom. The van der Waals surface area contributed by atoms with Gasteiger partial charge in [0.1, 0.15) is 23.0 Å². The number of aromatic hydroxyl groups is 4. The van der Waals surface area contributed by atoms with Crippen molar-refractivity contribution < 1.29 is 20.4 Å². The lowest BCUT2D eigenvalue weighted by atomic mass is 9.79. The van der Waals surface area contributed by atoms with E-state index in [0.29, 0.717) is 31.2 Å². The summed E-state index contributed by atoms with van der Waals surface area (Å²) >= 11 is 0. The Balaban J connectivity index is 1.74. The van der Waals surface area contributed by atoms with Crippen molar-refractivity contribution in [3.05, 3.63) is 157 Å². The number of phenolic OH excluding ortho intramolecular Hbond substituents is 4. The topological polar surface area (TPSA) is 80.9 Å². The number of phenols is 4. The number of hydrogen-bond donors (Lipinski definition) is 4. The number of hydrogen-bond acceptors (Lipinski definition) is 4. The molecule has 0 radical (unpaired) electrons. The van der Waals surface area contributed by atoms with E-state index in [9.17, 15) is 20.4 Å². The third kappa shape index (κ3) is 8.41. The van der Waals surface area contributed by atoms with Gasteiger partial charge in [0.15, 0.2) is 0 Å². The Morgan fingerprint density at radius 1 is 0.375 bits per heavy atom. The summed E-state index contributed by atoms with van der Waals surface area (Å²) in [5.74, 6) is 0.723. The van der Waals surface area contributed by atoms with E-state index in [0.717, 1.165) is 72.3 Å². The Morgan fingerprint density at radius 2 is 0.679 bits per heavy atom. The molecule has 0 spiro atoms. The zero-order valence-corrected chi connectivity index (χ0v) is 35.7. The van der Waals surface area contributed by atoms with E-state index in [4.69, 9.17) is 0 Å². The molecular weight excluding hydrogens is 689 g/mol. The van der Waals surface area contributed by atoms with Gasteiger partial charge in [-0.25, -0.2) is 0 Å². The Labute approximate surface area is 335 Å². The second-order valence-electron chi connectivity index (χ2n) is 20.2. The highest BCUT2D eigenvalue weighted by atomic mass is 16.3. The average molecular weight is 751 g/mol. The summed E-state index contributed by atoms with van der Waals surface area (Å²) in [5, 5.41) is 48.8. The van der Waals surface area contributed by atoms with E-state index >= 15 is 0 Å². The van der Waals surface area contributed by atoms with Crippen molar-refractivity contribution in [2.75, 3.05) is 0 Å². The van der Waals surface area contributed by atoms with Gasteiger partial charge in [0.2, 0.25) is 0 Å². The molecule has 5 aromatic carbocycles. The summed E-state index contributed by atoms with van der Waals surface area (Å²) in [5.41, 5.74) is 11.1. The van der Waals surface area contributed by atoms with Gasteiger partial charge >= 0.3 is 0 Å². The van der Waals surface area contributed by atoms with Crippen LogP contribution in [0.5, 0.6) is 23.0 Å². The number of benzene rings is 5. The smallest absolute Gasteiger partial charge is 0.126 e. The molecular formula is C52H62O4. The number of rotatable bonds is 1. The van der Waals surface area contributed by atoms with Gasteiger partial charge in [-0.05, 0) is 106 Å². The molecule has 6 rings (SSSR count). The van der Waals surface area contributed by atoms with Gasteiger partial charge in [-0.1, -0.05) is 162 Å². The fourth-order valence-electron chi connectivity index (χ4n) is 7.70. The van der Waals surface area contributed by atoms with E-state index < -0.39 is 0 Å². The predicted octanol–water partition coefficient (Wildman–Crippen LogP) is 12.5. The molecule has 0 aromatic heterocycles. The first kappa shape index (κ1) is 40.7. The lowest BCUT2D eigenvalue weighted by molar-refractivity contribution is 0.451. The van der Waals surface area contributed by atoms with E-state index in [2.05, 4.69) is 150 Å². The van der Waals surface area contributed by atoms with Crippen molar-refractivity contribution in [3.63, 3.8) is 0 Å². The number of allylic oxidation sites excluding steroid dienone is 1. The molecule has 0 heterocycles. The molecule has 0 amide bonds. The van der Waals surface area contributed by atoms with Gasteiger partial charge < -0.3 is 20.4 Å². The van der Waals surface area contributed by atoms with Crippen LogP contribution in [0.15, 0.2) is 84.9 Å². The van der Waals surface area contributed by atoms with Crippen LogP contribution in [0.4, 0.5) is 0 Å². The minimum Gasteiger partial charge on any atom is -0.507 e. The van der Waals surface area contributed by atoms with Gasteiger partial charge in [-0.3, -0.25) is 0 Å². The van der Waals surface area contributed by atoms with Crippen molar-refractivity contribution in [2.24, 2.45) is 0 Å². The molecule has 0 atom stereocenters. The van der Waals surface area contributed by atoms with E-state index in [-0.39, 0.29) is 44.7 Å². The van der Waals surface area contributed by atoms with Crippen LogP contribution in [0.3, 0.4) is 0 Å². The molecule has 8 bridgehead atoms. The fourth-order valence-corrected chi connectivity index (χ4v) is 7.70. The quantitative estimate of drug-likeness (QED) is 0.138. The van der Waals surface area contributed by atoms with Gasteiger partial charge in [-0.15, -0.1) is 0 Å². The van der Waals surface area contributed by atoms with Crippen LogP contribution in [0.25, 0.3) is 5.57 Å². The molecule has 0 saturated carbocycles. The molecule has 56 heavy (non-hydrogen) atoms. The maximum Gasteiger partial charge on any atom is 0.126 e. The van der Waals surface area contributed by atoms with Crippen molar-refractivity contribution in [3.8, 4) is 23.0 Å². The zero-order valence-electron chi connectivity index (χ0n) is 35.7. The van der Waals surface area contributed by atoms with Crippen molar-refractivity contribution >= 4 is 5.57 Å². The molecule has 1 aliphatic rings. The summed E-state index contributed by atoms with van der Waals surface area (Å²) in [6, 6.07) is 26.8. The average Bonchev–Trinajstić information content (AvgIpc) is 3.09. The summed E-state index contributed by atoms with van der Waals surface area (Å²) < 4.78 is 0. The van der Waals surface area contributed by atoms with Gasteiger partial charge in [0.25, 0.3) is 0 Å². The third-order valence-corrected chi connectivity index (χ3v) is 11.5. The number of fused-ring (bicyclic) bond motifs is 8. The molecule has 0 saturated heterocycles. The molecule has 4 nitrogen and oxygen atoms in total. The van der Waals surface area contributed by atoms with E-state index in [1.165, 1.54) is 0 Å². The monoisotopic (exact) mass is 750 g/mol. The van der Waals surface area contributed by atoms with Crippen LogP contribution in [-0.4, -0.2) is 20.4 Å². The molecule has 5 aromatic rings. The summed E-state index contributed by atoms with van der Waals surface area (Å²) in [6.45, 7) is 26.1. The summed E-state index contributed by atoms with van der Waals surface area (Å²) in [4.78, 5) is 0. The largest absolute Gasteiger partial charge is 0.507 e. The second kappa shape index (κ2) is 14.5. The first-order valence-corrected chi connectivity index (χ1v) is 20.1. The molecule has 294 valence electrons. The first-order valence-electron chi connectivity index (χ1n) is 20.1. The Hall–Kier alpha value is -4.96. The van der Waals surface area contributed by atoms with Gasteiger partial charge in [0.05, 0.1) is 0 Å². The van der Waals surface area contributed by atoms with Crippen molar-refractivity contribution in [1.29, 1.82) is 0 Å². The fraction of sp³-hybridized carbons (Fsp3) is 0.385. The molecule has 0 fully saturated rings. The van der Waals surface area contributed by atoms with E-state index in [1.54, 1.807) is 0 Å². The Kier molecular flexibility index (Phi) is 10.6. The van der Waals surface area contributed by atoms with E-state index in [1.807, 2.05) is 18.2 Å². The Bertz CT molecular complexity index is 2310. The summed E-state index contributed by atoms with van der Waals surface area (Å²) in [6.07, 6.45) is 3.49. The van der Waals surface area contributed by atoms with Gasteiger partial charge in [0, 0.05) is 24.8 Å². The van der Waals surface area contributed by atoms with Crippen LogP contribution in [-0.2, 0) is 47.3 Å². The van der Waals surface area contributed by atoms with Crippen LogP contribution in [0, 0.1) is 0 Å². The minimum atomic E-state index is -0.238. The van der Waals surface area contributed by atoms with Crippen molar-refractivity contribution in [2.45, 2.75) is 130 Å². The van der Waals surface area contributed by atoms with Crippen LogP contribution >= 0.6 is 0 Å². The van der Waals surface area contributed by atoms with Crippen LogP contribution in [0.2, 0.25) is 0 Å². The summed E-state index contributed by atoms with van der Waals surface area (Å²) in [7, 11) is 0.